The molecule has 1 atom stereocenters. The third kappa shape index (κ3) is 12.7. The zero-order valence-electron chi connectivity index (χ0n) is 24.2. The molecule has 0 aromatic carbocycles. The van der Waals surface area contributed by atoms with Crippen molar-refractivity contribution in [3.63, 3.8) is 0 Å². The Kier molecular flexibility index (Phi) is 14.7. The third-order valence-electron chi connectivity index (χ3n) is 6.87. The number of halogens is 2. The Morgan fingerprint density at radius 2 is 1.78 bits per heavy atom. The summed E-state index contributed by atoms with van der Waals surface area (Å²) in [5.41, 5.74) is 1.73. The molecule has 0 amide bonds. The highest BCUT2D eigenvalue weighted by molar-refractivity contribution is 6.29. The molecule has 0 aromatic heterocycles. The lowest BCUT2D eigenvalue weighted by Gasteiger charge is -2.23. The van der Waals surface area contributed by atoms with E-state index in [1.54, 1.807) is 20.0 Å². The first-order valence-electron chi connectivity index (χ1n) is 13.7. The van der Waals surface area contributed by atoms with Crippen LogP contribution >= 0.6 is 11.6 Å². The zero-order chi connectivity index (χ0) is 27.9. The molecule has 1 rings (SSSR count). The molecule has 0 heterocycles. The second kappa shape index (κ2) is 16.6. The summed E-state index contributed by atoms with van der Waals surface area (Å²) in [7, 11) is 0. The van der Waals surface area contributed by atoms with Gasteiger partial charge >= 0.3 is 0 Å². The maximum Gasteiger partial charge on any atom is 0.130 e. The van der Waals surface area contributed by atoms with Crippen molar-refractivity contribution in [2.24, 2.45) is 11.3 Å². The Bertz CT molecular complexity index is 968. The Balaban J connectivity index is 3.08. The van der Waals surface area contributed by atoms with Crippen LogP contribution in [-0.4, -0.2) is 12.2 Å². The summed E-state index contributed by atoms with van der Waals surface area (Å²) in [5, 5.41) is 4.01. The topological polar surface area (TPSA) is 12.0 Å². The minimum Gasteiger partial charge on any atom is -0.391 e. The standard InChI is InChI=1S/C34H49ClFN/c1-9-15-29(10-2)30(26-32(27(4)5)33(6,7)36)19-20-31(35)18-14-22-34(8,24-25-37-11-3)23-21-28-16-12-13-17-28/h9-11,15,18-19,26,28,37H,3-4,12-14,16-17,20,22,24-25H2,1-2,5-8H3/b15-9-,29-10+,30-19+,31-18-,32-26+. The monoisotopic (exact) mass is 525 g/mol. The predicted octanol–water partition coefficient (Wildman–Crippen LogP) is 10.3. The van der Waals surface area contributed by atoms with Gasteiger partial charge in [-0.3, -0.25) is 0 Å². The molecule has 1 nitrogen and oxygen atoms in total. The van der Waals surface area contributed by atoms with Crippen molar-refractivity contribution < 1.29 is 4.39 Å². The molecule has 0 radical (unpaired) electrons. The van der Waals surface area contributed by atoms with Crippen LogP contribution in [0.3, 0.4) is 0 Å². The Hall–Kier alpha value is -2.24. The number of alkyl halides is 1. The fraction of sp³-hybridized carbons (Fsp3) is 0.529. The molecule has 0 spiro atoms. The molecule has 0 aliphatic heterocycles. The van der Waals surface area contributed by atoms with Gasteiger partial charge in [-0.15, -0.1) is 0 Å². The molecule has 1 unspecified atom stereocenters. The number of hydrogen-bond donors (Lipinski definition) is 1. The van der Waals surface area contributed by atoms with Crippen LogP contribution in [0.2, 0.25) is 0 Å². The number of hydrogen-bond acceptors (Lipinski definition) is 1. The van der Waals surface area contributed by atoms with Crippen molar-refractivity contribution in [3.8, 4) is 11.8 Å². The normalized spacial score (nSPS) is 17.9. The molecule has 1 aliphatic carbocycles. The molecule has 1 aliphatic rings. The zero-order valence-corrected chi connectivity index (χ0v) is 24.9. The summed E-state index contributed by atoms with van der Waals surface area (Å²) in [6.45, 7) is 19.8. The van der Waals surface area contributed by atoms with Crippen LogP contribution in [0.25, 0.3) is 0 Å². The van der Waals surface area contributed by atoms with Crippen LogP contribution in [0.1, 0.15) is 92.9 Å². The van der Waals surface area contributed by atoms with Crippen LogP contribution in [0.15, 0.2) is 83.1 Å². The van der Waals surface area contributed by atoms with Crippen molar-refractivity contribution in [2.45, 2.75) is 98.6 Å². The van der Waals surface area contributed by atoms with E-state index in [-0.39, 0.29) is 5.41 Å². The third-order valence-corrected chi connectivity index (χ3v) is 7.18. The molecule has 1 saturated carbocycles. The summed E-state index contributed by atoms with van der Waals surface area (Å²) in [5.74, 6) is 7.76. The molecule has 0 aromatic rings. The van der Waals surface area contributed by atoms with E-state index >= 15 is 0 Å². The van der Waals surface area contributed by atoms with Crippen LogP contribution in [0, 0.1) is 23.2 Å². The van der Waals surface area contributed by atoms with Crippen LogP contribution < -0.4 is 5.32 Å². The summed E-state index contributed by atoms with van der Waals surface area (Å²) in [4.78, 5) is 0. The highest BCUT2D eigenvalue weighted by Gasteiger charge is 2.23. The number of nitrogens with one attached hydrogen (secondary N) is 1. The fourth-order valence-electron chi connectivity index (χ4n) is 4.64. The van der Waals surface area contributed by atoms with E-state index in [1.807, 2.05) is 45.1 Å². The lowest BCUT2D eigenvalue weighted by atomic mass is 9.82. The molecule has 204 valence electrons. The van der Waals surface area contributed by atoms with E-state index in [2.05, 4.69) is 49.4 Å². The second-order valence-electron chi connectivity index (χ2n) is 10.8. The van der Waals surface area contributed by atoms with E-state index in [4.69, 9.17) is 11.6 Å². The van der Waals surface area contributed by atoms with Gasteiger partial charge in [-0.2, -0.15) is 0 Å². The summed E-state index contributed by atoms with van der Waals surface area (Å²) in [6, 6.07) is 0. The van der Waals surface area contributed by atoms with Crippen LogP contribution in [-0.2, 0) is 0 Å². The lowest BCUT2D eigenvalue weighted by Crippen LogP contribution is -2.21. The first-order valence-corrected chi connectivity index (χ1v) is 14.1. The van der Waals surface area contributed by atoms with Gasteiger partial charge < -0.3 is 5.32 Å². The van der Waals surface area contributed by atoms with Crippen molar-refractivity contribution in [1.82, 2.24) is 5.32 Å². The van der Waals surface area contributed by atoms with Gasteiger partial charge in [0.05, 0.1) is 0 Å². The Labute approximate surface area is 232 Å². The molecule has 1 fully saturated rings. The van der Waals surface area contributed by atoms with E-state index in [0.717, 1.165) is 47.6 Å². The van der Waals surface area contributed by atoms with Gasteiger partial charge in [0.15, 0.2) is 0 Å². The predicted molar refractivity (Wildman–Crippen MR) is 163 cm³/mol. The Morgan fingerprint density at radius 3 is 2.32 bits per heavy atom. The molecule has 0 saturated heterocycles. The number of allylic oxidation sites excluding steroid dienone is 11. The largest absolute Gasteiger partial charge is 0.391 e. The highest BCUT2D eigenvalue weighted by Crippen LogP contribution is 2.32. The molecule has 37 heavy (non-hydrogen) atoms. The van der Waals surface area contributed by atoms with Gasteiger partial charge in [0, 0.05) is 29.3 Å². The van der Waals surface area contributed by atoms with E-state index in [1.165, 1.54) is 25.7 Å². The summed E-state index contributed by atoms with van der Waals surface area (Å²) < 4.78 is 14.9. The summed E-state index contributed by atoms with van der Waals surface area (Å²) >= 11 is 6.68. The quantitative estimate of drug-likeness (QED) is 0.135. The van der Waals surface area contributed by atoms with Crippen molar-refractivity contribution in [1.29, 1.82) is 0 Å². The molecular weight excluding hydrogens is 477 g/mol. The summed E-state index contributed by atoms with van der Waals surface area (Å²) in [6.07, 6.45) is 22.3. The smallest absolute Gasteiger partial charge is 0.130 e. The van der Waals surface area contributed by atoms with Crippen molar-refractivity contribution in [3.05, 3.63) is 83.1 Å². The lowest BCUT2D eigenvalue weighted by molar-refractivity contribution is 0.271. The molecule has 1 N–H and O–H groups in total. The van der Waals surface area contributed by atoms with Gasteiger partial charge in [0.25, 0.3) is 0 Å². The van der Waals surface area contributed by atoms with Gasteiger partial charge in [-0.05, 0) is 103 Å². The van der Waals surface area contributed by atoms with E-state index in [0.29, 0.717) is 17.9 Å². The van der Waals surface area contributed by atoms with Crippen molar-refractivity contribution in [2.75, 3.05) is 6.54 Å². The second-order valence-corrected chi connectivity index (χ2v) is 11.3. The molecule has 0 bridgehead atoms. The first kappa shape index (κ1) is 32.8. The Morgan fingerprint density at radius 1 is 1.11 bits per heavy atom. The van der Waals surface area contributed by atoms with Gasteiger partial charge in [-0.1, -0.05) is 85.4 Å². The fourth-order valence-corrected chi connectivity index (χ4v) is 4.83. The van der Waals surface area contributed by atoms with E-state index < -0.39 is 5.67 Å². The minimum atomic E-state index is -1.48. The van der Waals surface area contributed by atoms with Gasteiger partial charge in [-0.25, -0.2) is 4.39 Å². The van der Waals surface area contributed by atoms with Crippen LogP contribution in [0.4, 0.5) is 4.39 Å². The minimum absolute atomic E-state index is 0.0663. The maximum absolute atomic E-state index is 14.9. The first-order chi connectivity index (χ1) is 17.5. The maximum atomic E-state index is 14.9. The van der Waals surface area contributed by atoms with Crippen molar-refractivity contribution >= 4 is 11.6 Å². The molecule has 3 heteroatoms. The average molecular weight is 526 g/mol. The van der Waals surface area contributed by atoms with Gasteiger partial charge in [0.1, 0.15) is 5.67 Å². The molecular formula is C34H49ClFN. The highest BCUT2D eigenvalue weighted by atomic mass is 35.5. The van der Waals surface area contributed by atoms with Gasteiger partial charge in [0.2, 0.25) is 0 Å². The number of rotatable bonds is 14. The SMILES string of the molecule is C=CNCCC(C)(C#CC1CCCC1)CC/C=C(\Cl)C/C=C(\C=C(/C(=C)C)C(C)(C)F)C(/C=C\C)=C/C. The van der Waals surface area contributed by atoms with Crippen LogP contribution in [0.5, 0.6) is 0 Å². The van der Waals surface area contributed by atoms with E-state index in [9.17, 15) is 4.39 Å². The average Bonchev–Trinajstić information content (AvgIpc) is 3.35.